The molecule has 0 spiro atoms. The third kappa shape index (κ3) is 2.84. The van der Waals surface area contributed by atoms with E-state index in [1.165, 1.54) is 76.2 Å². The number of rotatable bonds is 1. The van der Waals surface area contributed by atoms with Crippen LogP contribution in [0.25, 0.3) is 70.7 Å². The lowest BCUT2D eigenvalue weighted by molar-refractivity contribution is 1.27. The van der Waals surface area contributed by atoms with E-state index in [0.717, 1.165) is 22.7 Å². The second kappa shape index (κ2) is 8.27. The highest BCUT2D eigenvalue weighted by Crippen LogP contribution is 2.47. The molecular weight excluding hydrogens is 546 g/mol. The van der Waals surface area contributed by atoms with Crippen LogP contribution in [0.3, 0.4) is 0 Å². The topological polar surface area (TPSA) is 23.4 Å². The number of nitrogens with zero attached hydrogens (tertiary/aromatic N) is 3. The van der Waals surface area contributed by atoms with Gasteiger partial charge in [-0.1, -0.05) is 91.0 Å². The quantitative estimate of drug-likeness (QED) is 0.176. The molecule has 45 heavy (non-hydrogen) atoms. The molecule has 3 nitrogen and oxygen atoms in total. The van der Waals surface area contributed by atoms with Crippen LogP contribution >= 0.6 is 0 Å². The van der Waals surface area contributed by atoms with Crippen molar-refractivity contribution >= 4 is 82.2 Å². The fourth-order valence-electron chi connectivity index (χ4n) is 8.08. The van der Waals surface area contributed by atoms with Crippen LogP contribution in [0.2, 0.25) is 0 Å². The van der Waals surface area contributed by atoms with Gasteiger partial charge in [-0.05, 0) is 65.4 Å². The first kappa shape index (κ1) is 23.3. The van der Waals surface area contributed by atoms with E-state index in [1.807, 2.05) is 0 Å². The Morgan fingerprint density at radius 1 is 0.422 bits per heavy atom. The normalized spacial score (nSPS) is 13.2. The Morgan fingerprint density at radius 2 is 1.07 bits per heavy atom. The summed E-state index contributed by atoms with van der Waals surface area (Å²) in [6.07, 6.45) is 0. The van der Waals surface area contributed by atoms with Gasteiger partial charge in [0.15, 0.2) is 5.52 Å². The van der Waals surface area contributed by atoms with Crippen molar-refractivity contribution in [2.24, 2.45) is 0 Å². The molecule has 1 aliphatic rings. The van der Waals surface area contributed by atoms with Gasteiger partial charge in [0, 0.05) is 32.5 Å². The lowest BCUT2D eigenvalue weighted by Gasteiger charge is -2.04. The molecule has 206 valence electrons. The molecule has 0 amide bonds. The van der Waals surface area contributed by atoms with Crippen molar-refractivity contribution in [2.75, 3.05) is 0 Å². The highest BCUT2D eigenvalue weighted by Gasteiger charge is 2.36. The molecule has 0 aliphatic carbocycles. The number of hydrogen-bond donors (Lipinski definition) is 0. The number of benzene rings is 7. The van der Waals surface area contributed by atoms with Gasteiger partial charge in [0.25, 0.3) is 0 Å². The molecule has 1 aliphatic heterocycles. The summed E-state index contributed by atoms with van der Waals surface area (Å²) in [5, 5.41) is 10.2. The Labute approximate surface area is 257 Å². The van der Waals surface area contributed by atoms with Crippen LogP contribution in [0, 0.1) is 0 Å². The van der Waals surface area contributed by atoms with Crippen molar-refractivity contribution in [1.82, 2.24) is 13.6 Å². The zero-order valence-electron chi connectivity index (χ0n) is 24.2. The molecule has 3 aromatic heterocycles. The van der Waals surface area contributed by atoms with Crippen molar-refractivity contribution in [2.45, 2.75) is 0 Å². The average molecular weight is 571 g/mol. The molecule has 0 atom stereocenters. The average Bonchev–Trinajstić information content (AvgIpc) is 3.84. The van der Waals surface area contributed by atoms with E-state index in [-0.39, 0.29) is 0 Å². The van der Waals surface area contributed by atoms with Crippen LogP contribution in [0.15, 0.2) is 146 Å². The maximum absolute atomic E-state index is 5.49. The smallest absolute Gasteiger partial charge is 0.308 e. The minimum atomic E-state index is 0.975. The van der Waals surface area contributed by atoms with Crippen LogP contribution in [0.5, 0.6) is 0 Å². The molecule has 0 radical (unpaired) electrons. The first-order valence-electron chi connectivity index (χ1n) is 15.5. The number of hydrogen-bond acceptors (Lipinski definition) is 0. The van der Waals surface area contributed by atoms with Crippen molar-refractivity contribution in [3.8, 4) is 0 Å². The first-order valence-corrected chi connectivity index (χ1v) is 15.5. The molecule has 4 heterocycles. The van der Waals surface area contributed by atoms with Crippen molar-refractivity contribution in [1.29, 1.82) is 0 Å². The van der Waals surface area contributed by atoms with E-state index in [1.54, 1.807) is 0 Å². The van der Waals surface area contributed by atoms with Crippen LogP contribution in [-0.2, 0) is 0 Å². The molecule has 0 N–H and O–H groups in total. The zero-order valence-corrected chi connectivity index (χ0v) is 24.2. The first-order chi connectivity index (χ1) is 22.4. The van der Waals surface area contributed by atoms with E-state index >= 15 is 0 Å². The lowest BCUT2D eigenvalue weighted by Crippen LogP contribution is -2.14. The summed E-state index contributed by atoms with van der Waals surface area (Å²) < 4.78 is 10.4. The molecule has 0 saturated carbocycles. The van der Waals surface area contributed by atoms with E-state index in [2.05, 4.69) is 155 Å². The predicted molar refractivity (Wildman–Crippen MR) is 189 cm³/mol. The minimum Gasteiger partial charge on any atom is -0.308 e. The van der Waals surface area contributed by atoms with Gasteiger partial charge in [-0.25, -0.2) is 4.67 Å². The Bertz CT molecular complexity index is 2950. The maximum Gasteiger partial charge on any atom is 0.389 e. The molecule has 0 unspecified atom stereocenters. The molecule has 0 saturated heterocycles. The standard InChI is InChI=1S/C42H24N3/c1-2-13-26(14-3-1)39-30-18-6-7-19-31(30)42(43-39)45-35-21-11-9-17-29(35)33-24-32-28-16-8-10-20-34(28)44-36-23-22-25-12-4-5-15-27(25)37(36)38(40(32)44)41(33)45/h1-24H/q+1. The van der Waals surface area contributed by atoms with Crippen LogP contribution in [-0.4, -0.2) is 20.5 Å². The van der Waals surface area contributed by atoms with Crippen molar-refractivity contribution < 1.29 is 0 Å². The van der Waals surface area contributed by atoms with E-state index in [4.69, 9.17) is 4.67 Å². The Kier molecular flexibility index (Phi) is 4.28. The summed E-state index contributed by atoms with van der Waals surface area (Å²) in [6.45, 7) is 0. The molecule has 11 rings (SSSR count). The summed E-state index contributed by atoms with van der Waals surface area (Å²) in [5.41, 5.74) is 10.6. The molecular formula is C42H24N3+. The van der Waals surface area contributed by atoms with Gasteiger partial charge in [0.2, 0.25) is 5.71 Å². The SMILES string of the molecule is c1ccc(C2=[N+]=C(n3c4ccccc4c4cc5c6ccccc6n6c7ccc8ccccc8c7c(c43)c56)c3ccccc32)cc1. The minimum absolute atomic E-state index is 0.975. The van der Waals surface area contributed by atoms with Crippen LogP contribution < -0.4 is 4.67 Å². The Balaban J connectivity index is 1.45. The third-order valence-electron chi connectivity index (χ3n) is 9.89. The molecule has 10 aromatic rings. The number of aromatic nitrogens is 2. The summed E-state index contributed by atoms with van der Waals surface area (Å²) in [7, 11) is 0. The van der Waals surface area contributed by atoms with Crippen LogP contribution in [0.1, 0.15) is 16.7 Å². The molecule has 0 bridgehead atoms. The second-order valence-corrected chi connectivity index (χ2v) is 12.1. The zero-order chi connectivity index (χ0) is 29.2. The van der Waals surface area contributed by atoms with E-state index in [0.29, 0.717) is 0 Å². The van der Waals surface area contributed by atoms with Crippen LogP contribution in [0.4, 0.5) is 0 Å². The van der Waals surface area contributed by atoms with Gasteiger partial charge in [0.1, 0.15) is 5.52 Å². The summed E-state index contributed by atoms with van der Waals surface area (Å²) in [5.74, 6) is 0.975. The van der Waals surface area contributed by atoms with Crippen molar-refractivity contribution in [3.63, 3.8) is 0 Å². The lowest BCUT2D eigenvalue weighted by atomic mass is 9.98. The number of para-hydroxylation sites is 2. The van der Waals surface area contributed by atoms with E-state index < -0.39 is 0 Å². The van der Waals surface area contributed by atoms with Crippen molar-refractivity contribution in [3.05, 3.63) is 162 Å². The highest BCUT2D eigenvalue weighted by molar-refractivity contribution is 6.39. The summed E-state index contributed by atoms with van der Waals surface area (Å²) in [4.78, 5) is 0. The van der Waals surface area contributed by atoms with Gasteiger partial charge in [-0.15, -0.1) is 0 Å². The number of fused-ring (bicyclic) bond motifs is 13. The third-order valence-corrected chi connectivity index (χ3v) is 9.89. The maximum atomic E-state index is 5.49. The Morgan fingerprint density at radius 3 is 1.91 bits per heavy atom. The molecule has 0 fully saturated rings. The Hall–Kier alpha value is -6.15. The second-order valence-electron chi connectivity index (χ2n) is 12.1. The fourth-order valence-corrected chi connectivity index (χ4v) is 8.08. The van der Waals surface area contributed by atoms with Gasteiger partial charge in [-0.2, -0.15) is 4.57 Å². The van der Waals surface area contributed by atoms with Gasteiger partial charge < -0.3 is 4.40 Å². The molecule has 3 heteroatoms. The fraction of sp³-hybridized carbons (Fsp3) is 0. The van der Waals surface area contributed by atoms with E-state index in [9.17, 15) is 0 Å². The monoisotopic (exact) mass is 570 g/mol. The highest BCUT2D eigenvalue weighted by atomic mass is 15.1. The molecule has 7 aromatic carbocycles. The largest absolute Gasteiger partial charge is 0.389 e. The van der Waals surface area contributed by atoms with Gasteiger partial charge in [0.05, 0.1) is 33.1 Å². The predicted octanol–water partition coefficient (Wildman–Crippen LogP) is 9.31. The summed E-state index contributed by atoms with van der Waals surface area (Å²) in [6, 6.07) is 52.8. The van der Waals surface area contributed by atoms with Gasteiger partial charge >= 0.3 is 5.84 Å². The van der Waals surface area contributed by atoms with Gasteiger partial charge in [-0.3, -0.25) is 0 Å². The summed E-state index contributed by atoms with van der Waals surface area (Å²) >= 11 is 0.